The Hall–Kier alpha value is -2.50. The SMILES string of the molecule is CCOc1ccc2c(c1)C(NC(=O)Cc1cn[nH]c1)CCO2. The minimum Gasteiger partial charge on any atom is -0.494 e. The minimum atomic E-state index is -0.0523. The first-order chi connectivity index (χ1) is 10.8. The summed E-state index contributed by atoms with van der Waals surface area (Å²) in [5.41, 5.74) is 1.84. The molecular formula is C16H19N3O3. The van der Waals surface area contributed by atoms with Gasteiger partial charge in [0, 0.05) is 18.2 Å². The molecule has 1 aromatic carbocycles. The highest BCUT2D eigenvalue weighted by Crippen LogP contribution is 2.34. The van der Waals surface area contributed by atoms with E-state index in [2.05, 4.69) is 15.5 Å². The molecule has 0 bridgehead atoms. The van der Waals surface area contributed by atoms with Crippen LogP contribution in [0.1, 0.15) is 30.5 Å². The molecule has 1 atom stereocenters. The number of rotatable bonds is 5. The van der Waals surface area contributed by atoms with E-state index < -0.39 is 0 Å². The second-order valence-corrected chi connectivity index (χ2v) is 5.17. The maximum absolute atomic E-state index is 12.2. The molecule has 0 fully saturated rings. The number of fused-ring (bicyclic) bond motifs is 1. The molecule has 6 heteroatoms. The molecule has 3 rings (SSSR count). The van der Waals surface area contributed by atoms with Crippen molar-refractivity contribution >= 4 is 5.91 Å². The van der Waals surface area contributed by atoms with Gasteiger partial charge in [0.2, 0.25) is 5.91 Å². The molecule has 0 spiro atoms. The van der Waals surface area contributed by atoms with E-state index >= 15 is 0 Å². The van der Waals surface area contributed by atoms with Crippen LogP contribution in [0.2, 0.25) is 0 Å². The van der Waals surface area contributed by atoms with E-state index in [-0.39, 0.29) is 11.9 Å². The fraction of sp³-hybridized carbons (Fsp3) is 0.375. The van der Waals surface area contributed by atoms with Gasteiger partial charge in [-0.25, -0.2) is 0 Å². The van der Waals surface area contributed by atoms with Crippen LogP contribution in [0.15, 0.2) is 30.6 Å². The van der Waals surface area contributed by atoms with Gasteiger partial charge in [0.15, 0.2) is 0 Å². The average molecular weight is 301 g/mol. The van der Waals surface area contributed by atoms with Gasteiger partial charge in [-0.15, -0.1) is 0 Å². The number of nitrogens with one attached hydrogen (secondary N) is 2. The molecule has 0 saturated heterocycles. The van der Waals surface area contributed by atoms with Gasteiger partial charge in [-0.2, -0.15) is 5.10 Å². The van der Waals surface area contributed by atoms with Crippen LogP contribution in [-0.2, 0) is 11.2 Å². The maximum Gasteiger partial charge on any atom is 0.225 e. The molecule has 1 amide bonds. The Balaban J connectivity index is 1.72. The number of ether oxygens (including phenoxy) is 2. The van der Waals surface area contributed by atoms with Crippen molar-refractivity contribution in [1.29, 1.82) is 0 Å². The Kier molecular flexibility index (Phi) is 4.27. The average Bonchev–Trinajstić information content (AvgIpc) is 3.01. The first kappa shape index (κ1) is 14.4. The van der Waals surface area contributed by atoms with Gasteiger partial charge in [0.05, 0.1) is 31.9 Å². The van der Waals surface area contributed by atoms with E-state index in [0.717, 1.165) is 29.0 Å². The normalized spacial score (nSPS) is 16.5. The second kappa shape index (κ2) is 6.51. The fourth-order valence-electron chi connectivity index (χ4n) is 2.58. The first-order valence-electron chi connectivity index (χ1n) is 7.43. The van der Waals surface area contributed by atoms with E-state index in [4.69, 9.17) is 9.47 Å². The number of aromatic amines is 1. The zero-order valence-corrected chi connectivity index (χ0v) is 12.5. The van der Waals surface area contributed by atoms with Crippen LogP contribution in [0, 0.1) is 0 Å². The number of H-pyrrole nitrogens is 1. The Labute approximate surface area is 128 Å². The van der Waals surface area contributed by atoms with Crippen molar-refractivity contribution in [2.24, 2.45) is 0 Å². The summed E-state index contributed by atoms with van der Waals surface area (Å²) < 4.78 is 11.2. The maximum atomic E-state index is 12.2. The summed E-state index contributed by atoms with van der Waals surface area (Å²) in [4.78, 5) is 12.2. The highest BCUT2D eigenvalue weighted by molar-refractivity contribution is 5.79. The molecule has 22 heavy (non-hydrogen) atoms. The van der Waals surface area contributed by atoms with E-state index in [0.29, 0.717) is 19.6 Å². The quantitative estimate of drug-likeness (QED) is 0.885. The number of aromatic nitrogens is 2. The number of benzene rings is 1. The number of hydrogen-bond acceptors (Lipinski definition) is 4. The van der Waals surface area contributed by atoms with Gasteiger partial charge >= 0.3 is 0 Å². The number of carbonyl (C=O) groups is 1. The van der Waals surface area contributed by atoms with E-state index in [1.165, 1.54) is 0 Å². The topological polar surface area (TPSA) is 76.2 Å². The molecule has 1 aliphatic heterocycles. The van der Waals surface area contributed by atoms with Gasteiger partial charge in [0.25, 0.3) is 0 Å². The van der Waals surface area contributed by atoms with Crippen LogP contribution in [0.4, 0.5) is 0 Å². The molecule has 6 nitrogen and oxygen atoms in total. The molecule has 1 aromatic heterocycles. The van der Waals surface area contributed by atoms with Crippen molar-refractivity contribution in [3.05, 3.63) is 41.7 Å². The lowest BCUT2D eigenvalue weighted by atomic mass is 10.00. The zero-order chi connectivity index (χ0) is 15.4. The van der Waals surface area contributed by atoms with Crippen molar-refractivity contribution in [3.63, 3.8) is 0 Å². The minimum absolute atomic E-state index is 0.0268. The van der Waals surface area contributed by atoms with Gasteiger partial charge in [-0.3, -0.25) is 9.89 Å². The van der Waals surface area contributed by atoms with E-state index in [1.54, 1.807) is 12.4 Å². The zero-order valence-electron chi connectivity index (χ0n) is 12.5. The standard InChI is InChI=1S/C16H19N3O3/c1-2-21-12-3-4-15-13(8-12)14(5-6-22-15)19-16(20)7-11-9-17-18-10-11/h3-4,8-10,14H,2,5-7H2,1H3,(H,17,18)(H,19,20). The van der Waals surface area contributed by atoms with Crippen LogP contribution in [-0.4, -0.2) is 29.3 Å². The van der Waals surface area contributed by atoms with Crippen LogP contribution in [0.3, 0.4) is 0 Å². The molecule has 0 aliphatic carbocycles. The van der Waals surface area contributed by atoms with Crippen LogP contribution >= 0.6 is 0 Å². The second-order valence-electron chi connectivity index (χ2n) is 5.17. The molecule has 2 aromatic rings. The summed E-state index contributed by atoms with van der Waals surface area (Å²) in [6, 6.07) is 5.68. The molecule has 2 N–H and O–H groups in total. The largest absolute Gasteiger partial charge is 0.494 e. The van der Waals surface area contributed by atoms with Crippen molar-refractivity contribution in [3.8, 4) is 11.5 Å². The first-order valence-corrected chi connectivity index (χ1v) is 7.43. The van der Waals surface area contributed by atoms with Crippen molar-refractivity contribution in [2.75, 3.05) is 13.2 Å². The summed E-state index contributed by atoms with van der Waals surface area (Å²) >= 11 is 0. The Bertz CT molecular complexity index is 640. The summed E-state index contributed by atoms with van der Waals surface area (Å²) in [6.07, 6.45) is 4.45. The lowest BCUT2D eigenvalue weighted by Crippen LogP contribution is -2.33. The molecule has 0 saturated carbocycles. The number of nitrogens with zero attached hydrogens (tertiary/aromatic N) is 1. The van der Waals surface area contributed by atoms with Crippen molar-refractivity contribution in [2.45, 2.75) is 25.8 Å². The summed E-state index contributed by atoms with van der Waals surface area (Å²) in [5.74, 6) is 1.57. The van der Waals surface area contributed by atoms with Crippen LogP contribution in [0.25, 0.3) is 0 Å². The highest BCUT2D eigenvalue weighted by Gasteiger charge is 2.23. The molecule has 1 aliphatic rings. The Morgan fingerprint density at radius 3 is 3.23 bits per heavy atom. The van der Waals surface area contributed by atoms with E-state index in [9.17, 15) is 4.79 Å². The van der Waals surface area contributed by atoms with Crippen LogP contribution < -0.4 is 14.8 Å². The molecule has 0 radical (unpaired) electrons. The summed E-state index contributed by atoms with van der Waals surface area (Å²) in [6.45, 7) is 3.15. The third-order valence-electron chi connectivity index (χ3n) is 3.59. The van der Waals surface area contributed by atoms with Gasteiger partial charge < -0.3 is 14.8 Å². The van der Waals surface area contributed by atoms with Gasteiger partial charge in [0.1, 0.15) is 11.5 Å². The molecular weight excluding hydrogens is 282 g/mol. The third kappa shape index (κ3) is 3.21. The predicted molar refractivity (Wildman–Crippen MR) is 80.9 cm³/mol. The highest BCUT2D eigenvalue weighted by atomic mass is 16.5. The molecule has 2 heterocycles. The number of carbonyl (C=O) groups excluding carboxylic acids is 1. The third-order valence-corrected chi connectivity index (χ3v) is 3.59. The number of amides is 1. The summed E-state index contributed by atoms with van der Waals surface area (Å²) in [5, 5.41) is 9.62. The lowest BCUT2D eigenvalue weighted by molar-refractivity contribution is -0.121. The Morgan fingerprint density at radius 1 is 1.55 bits per heavy atom. The van der Waals surface area contributed by atoms with Crippen molar-refractivity contribution in [1.82, 2.24) is 15.5 Å². The van der Waals surface area contributed by atoms with Gasteiger partial charge in [-0.05, 0) is 30.7 Å². The summed E-state index contributed by atoms with van der Waals surface area (Å²) in [7, 11) is 0. The molecule has 116 valence electrons. The molecule has 1 unspecified atom stereocenters. The predicted octanol–water partition coefficient (Wildman–Crippen LogP) is 1.99. The Morgan fingerprint density at radius 2 is 2.45 bits per heavy atom. The monoisotopic (exact) mass is 301 g/mol. The van der Waals surface area contributed by atoms with Gasteiger partial charge in [-0.1, -0.05) is 0 Å². The van der Waals surface area contributed by atoms with Crippen LogP contribution in [0.5, 0.6) is 11.5 Å². The fourth-order valence-corrected chi connectivity index (χ4v) is 2.58. The number of hydrogen-bond donors (Lipinski definition) is 2. The van der Waals surface area contributed by atoms with Crippen molar-refractivity contribution < 1.29 is 14.3 Å². The van der Waals surface area contributed by atoms with E-state index in [1.807, 2.05) is 25.1 Å². The lowest BCUT2D eigenvalue weighted by Gasteiger charge is -2.27. The smallest absolute Gasteiger partial charge is 0.225 e.